The molecule has 0 aromatic rings. The molecule has 0 aliphatic rings. The zero-order valence-electron chi connectivity index (χ0n) is 7.61. The molecule has 4 heteroatoms. The van der Waals surface area contributed by atoms with E-state index in [2.05, 4.69) is 5.92 Å². The van der Waals surface area contributed by atoms with Crippen molar-refractivity contribution in [2.75, 3.05) is 33.0 Å². The van der Waals surface area contributed by atoms with Crippen molar-refractivity contribution in [3.63, 3.8) is 0 Å². The topological polar surface area (TPSA) is 58.9 Å². The quantitative estimate of drug-likeness (QED) is 0.394. The van der Waals surface area contributed by atoms with Gasteiger partial charge in [0.2, 0.25) is 0 Å². The summed E-state index contributed by atoms with van der Waals surface area (Å²) in [6, 6.07) is 0. The predicted molar refractivity (Wildman–Crippen MR) is 48.2 cm³/mol. The van der Waals surface area contributed by atoms with E-state index in [1.54, 1.807) is 0 Å². The molecular weight excluding hydrogens is 172 g/mol. The molecule has 0 aliphatic heterocycles. The summed E-state index contributed by atoms with van der Waals surface area (Å²) in [6.07, 6.45) is 4.69. The Hall–Kier alpha value is -0.600. The third-order valence-corrected chi connectivity index (χ3v) is 1.27. The van der Waals surface area contributed by atoms with Crippen LogP contribution in [0.1, 0.15) is 6.42 Å². The van der Waals surface area contributed by atoms with Gasteiger partial charge in [-0.1, -0.05) is 0 Å². The number of hydrogen-bond donors (Lipinski definition) is 2. The Balaban J connectivity index is 3.03. The summed E-state index contributed by atoms with van der Waals surface area (Å²) >= 11 is 0. The van der Waals surface area contributed by atoms with E-state index < -0.39 is 6.10 Å². The van der Waals surface area contributed by atoms with E-state index in [1.165, 1.54) is 0 Å². The summed E-state index contributed by atoms with van der Waals surface area (Å²) in [7, 11) is 0. The van der Waals surface area contributed by atoms with Gasteiger partial charge in [0.1, 0.15) is 0 Å². The Kier molecular flexibility index (Phi) is 9.05. The third kappa shape index (κ3) is 9.31. The molecule has 0 amide bonds. The molecule has 0 aliphatic carbocycles. The molecule has 0 bridgehead atoms. The molecule has 0 radical (unpaired) electrons. The standard InChI is InChI=1S/C9H16O4/c1-2-3-9(11)8-13-7-6-12-5-4-10/h1,9-11H,3-8H2. The van der Waals surface area contributed by atoms with Crippen LogP contribution >= 0.6 is 0 Å². The summed E-state index contributed by atoms with van der Waals surface area (Å²) < 4.78 is 9.97. The summed E-state index contributed by atoms with van der Waals surface area (Å²) in [5.41, 5.74) is 0. The monoisotopic (exact) mass is 188 g/mol. The SMILES string of the molecule is C#CCC(O)COCCOCCO. The average molecular weight is 188 g/mol. The highest BCUT2D eigenvalue weighted by atomic mass is 16.5. The number of aliphatic hydroxyl groups is 2. The zero-order valence-corrected chi connectivity index (χ0v) is 7.61. The maximum atomic E-state index is 9.10. The Morgan fingerprint density at radius 2 is 1.92 bits per heavy atom. The first-order valence-corrected chi connectivity index (χ1v) is 4.19. The van der Waals surface area contributed by atoms with Gasteiger partial charge in [-0.2, -0.15) is 0 Å². The minimum atomic E-state index is -0.595. The van der Waals surface area contributed by atoms with E-state index in [-0.39, 0.29) is 13.2 Å². The van der Waals surface area contributed by atoms with Crippen LogP contribution in [0.3, 0.4) is 0 Å². The Morgan fingerprint density at radius 3 is 2.54 bits per heavy atom. The zero-order chi connectivity index (χ0) is 9.94. The van der Waals surface area contributed by atoms with Gasteiger partial charge in [0.25, 0.3) is 0 Å². The normalized spacial score (nSPS) is 12.4. The summed E-state index contributed by atoms with van der Waals surface area (Å²) in [5.74, 6) is 2.33. The average Bonchev–Trinajstić information content (AvgIpc) is 2.11. The molecule has 0 aromatic carbocycles. The van der Waals surface area contributed by atoms with Crippen LogP contribution in [-0.4, -0.2) is 49.4 Å². The van der Waals surface area contributed by atoms with E-state index in [1.807, 2.05) is 0 Å². The van der Waals surface area contributed by atoms with Crippen LogP contribution in [0, 0.1) is 12.3 Å². The lowest BCUT2D eigenvalue weighted by molar-refractivity contribution is -0.000475. The van der Waals surface area contributed by atoms with E-state index >= 15 is 0 Å². The fraction of sp³-hybridized carbons (Fsp3) is 0.778. The van der Waals surface area contributed by atoms with E-state index in [4.69, 9.17) is 26.1 Å². The van der Waals surface area contributed by atoms with Gasteiger partial charge < -0.3 is 19.7 Å². The van der Waals surface area contributed by atoms with E-state index in [9.17, 15) is 0 Å². The Labute approximate surface area is 78.5 Å². The summed E-state index contributed by atoms with van der Waals surface area (Å²) in [6.45, 7) is 1.38. The Bertz CT molecular complexity index is 141. The molecule has 0 heterocycles. The first-order chi connectivity index (χ1) is 6.31. The van der Waals surface area contributed by atoms with Gasteiger partial charge in [0.05, 0.1) is 39.1 Å². The molecule has 0 aromatic heterocycles. The lowest BCUT2D eigenvalue weighted by Crippen LogP contribution is -2.17. The van der Waals surface area contributed by atoms with Crippen LogP contribution in [0.4, 0.5) is 0 Å². The van der Waals surface area contributed by atoms with Crippen LogP contribution in [0.25, 0.3) is 0 Å². The van der Waals surface area contributed by atoms with Crippen LogP contribution < -0.4 is 0 Å². The first-order valence-electron chi connectivity index (χ1n) is 4.19. The first kappa shape index (κ1) is 12.4. The minimum absolute atomic E-state index is 0.0136. The third-order valence-electron chi connectivity index (χ3n) is 1.27. The van der Waals surface area contributed by atoms with E-state index in [0.717, 1.165) is 0 Å². The van der Waals surface area contributed by atoms with Gasteiger partial charge in [-0.3, -0.25) is 0 Å². The molecule has 0 fully saturated rings. The minimum Gasteiger partial charge on any atom is -0.394 e. The van der Waals surface area contributed by atoms with Gasteiger partial charge in [-0.25, -0.2) is 0 Å². The van der Waals surface area contributed by atoms with Crippen molar-refractivity contribution in [1.29, 1.82) is 0 Å². The fourth-order valence-electron chi connectivity index (χ4n) is 0.699. The second kappa shape index (κ2) is 9.49. The summed E-state index contributed by atoms with van der Waals surface area (Å²) in [5, 5.41) is 17.5. The van der Waals surface area contributed by atoms with Crippen molar-refractivity contribution in [1.82, 2.24) is 0 Å². The molecule has 1 atom stereocenters. The lowest BCUT2D eigenvalue weighted by Gasteiger charge is -2.08. The maximum absolute atomic E-state index is 9.10. The number of ether oxygens (including phenoxy) is 2. The molecule has 0 saturated carbocycles. The number of hydrogen-bond acceptors (Lipinski definition) is 4. The van der Waals surface area contributed by atoms with Gasteiger partial charge in [-0.05, 0) is 0 Å². The van der Waals surface area contributed by atoms with Crippen molar-refractivity contribution < 1.29 is 19.7 Å². The highest BCUT2D eigenvalue weighted by molar-refractivity contribution is 4.86. The maximum Gasteiger partial charge on any atom is 0.0882 e. The predicted octanol–water partition coefficient (Wildman–Crippen LogP) is -0.604. The largest absolute Gasteiger partial charge is 0.394 e. The van der Waals surface area contributed by atoms with Crippen molar-refractivity contribution in [3.8, 4) is 12.3 Å². The van der Waals surface area contributed by atoms with Crippen LogP contribution in [0.15, 0.2) is 0 Å². The van der Waals surface area contributed by atoms with Gasteiger partial charge >= 0.3 is 0 Å². The van der Waals surface area contributed by atoms with Crippen molar-refractivity contribution in [2.24, 2.45) is 0 Å². The fourth-order valence-corrected chi connectivity index (χ4v) is 0.699. The Morgan fingerprint density at radius 1 is 1.23 bits per heavy atom. The van der Waals surface area contributed by atoms with Gasteiger partial charge in [0.15, 0.2) is 0 Å². The smallest absolute Gasteiger partial charge is 0.0882 e. The molecule has 2 N–H and O–H groups in total. The van der Waals surface area contributed by atoms with Crippen molar-refractivity contribution in [3.05, 3.63) is 0 Å². The van der Waals surface area contributed by atoms with Gasteiger partial charge in [-0.15, -0.1) is 12.3 Å². The molecule has 4 nitrogen and oxygen atoms in total. The number of terminal acetylenes is 1. The second-order valence-corrected chi connectivity index (χ2v) is 2.47. The molecule has 76 valence electrons. The molecule has 1 unspecified atom stereocenters. The molecule has 0 spiro atoms. The second-order valence-electron chi connectivity index (χ2n) is 2.47. The molecule has 13 heavy (non-hydrogen) atoms. The van der Waals surface area contributed by atoms with Crippen LogP contribution in [0.5, 0.6) is 0 Å². The molecular formula is C9H16O4. The van der Waals surface area contributed by atoms with Crippen molar-refractivity contribution in [2.45, 2.75) is 12.5 Å². The summed E-state index contributed by atoms with van der Waals surface area (Å²) in [4.78, 5) is 0. The molecule has 0 rings (SSSR count). The molecule has 0 saturated heterocycles. The van der Waals surface area contributed by atoms with Crippen molar-refractivity contribution >= 4 is 0 Å². The number of aliphatic hydroxyl groups excluding tert-OH is 2. The van der Waals surface area contributed by atoms with Crippen LogP contribution in [0.2, 0.25) is 0 Å². The number of rotatable bonds is 8. The highest BCUT2D eigenvalue weighted by Crippen LogP contribution is 1.90. The highest BCUT2D eigenvalue weighted by Gasteiger charge is 2.00. The van der Waals surface area contributed by atoms with Crippen LogP contribution in [-0.2, 0) is 9.47 Å². The van der Waals surface area contributed by atoms with Gasteiger partial charge in [0, 0.05) is 6.42 Å². The lowest BCUT2D eigenvalue weighted by atomic mass is 10.3. The van der Waals surface area contributed by atoms with E-state index in [0.29, 0.717) is 26.2 Å².